The molecule has 3 aliphatic rings. The molecule has 3 fully saturated rings. The summed E-state index contributed by atoms with van der Waals surface area (Å²) in [5, 5.41) is 0. The van der Waals surface area contributed by atoms with Gasteiger partial charge in [-0.1, -0.05) is 60.3 Å². The van der Waals surface area contributed by atoms with Crippen molar-refractivity contribution >= 4 is 0 Å². The lowest BCUT2D eigenvalue weighted by molar-refractivity contribution is -0.188. The Morgan fingerprint density at radius 2 is 1.74 bits per heavy atom. The smallest absolute Gasteiger partial charge is 0.158 e. The molecule has 0 spiro atoms. The summed E-state index contributed by atoms with van der Waals surface area (Å²) in [6.45, 7) is 12.0. The van der Waals surface area contributed by atoms with E-state index in [4.69, 9.17) is 9.47 Å². The van der Waals surface area contributed by atoms with Gasteiger partial charge < -0.3 is 9.47 Å². The Kier molecular flexibility index (Phi) is 5.14. The summed E-state index contributed by atoms with van der Waals surface area (Å²) in [5.74, 6) is 1.59. The number of ether oxygens (including phenoxy) is 2. The van der Waals surface area contributed by atoms with Crippen molar-refractivity contribution in [1.29, 1.82) is 0 Å². The lowest BCUT2D eigenvalue weighted by atomic mass is 9.70. The number of hydrogen-bond donors (Lipinski definition) is 0. The van der Waals surface area contributed by atoms with Gasteiger partial charge in [0.1, 0.15) is 0 Å². The van der Waals surface area contributed by atoms with Crippen LogP contribution in [0.5, 0.6) is 0 Å². The van der Waals surface area contributed by atoms with Gasteiger partial charge in [-0.15, -0.1) is 0 Å². The van der Waals surface area contributed by atoms with Gasteiger partial charge in [0, 0.05) is 6.42 Å². The van der Waals surface area contributed by atoms with Gasteiger partial charge in [0.25, 0.3) is 0 Å². The Morgan fingerprint density at radius 1 is 1.09 bits per heavy atom. The van der Waals surface area contributed by atoms with E-state index < -0.39 is 0 Å². The minimum Gasteiger partial charge on any atom is -0.349 e. The molecule has 23 heavy (non-hydrogen) atoms. The van der Waals surface area contributed by atoms with E-state index >= 15 is 0 Å². The molecule has 0 aromatic carbocycles. The summed E-state index contributed by atoms with van der Waals surface area (Å²) < 4.78 is 13.0. The maximum atomic E-state index is 6.53. The SMILES string of the molecule is CCCCC(CCCC)O[C@@H]1C[C@H]2[C@H]3CC[C@@](C)([C@H]2O1)C3(C)C. The highest BCUT2D eigenvalue weighted by molar-refractivity contribution is 5.16. The van der Waals surface area contributed by atoms with Crippen LogP contribution in [0.25, 0.3) is 0 Å². The van der Waals surface area contributed by atoms with Crippen molar-refractivity contribution in [2.75, 3.05) is 0 Å². The summed E-state index contributed by atoms with van der Waals surface area (Å²) in [6.07, 6.45) is 12.3. The average Bonchev–Trinajstić information content (AvgIpc) is 3.07. The highest BCUT2D eigenvalue weighted by atomic mass is 16.7. The second-order valence-corrected chi connectivity index (χ2v) is 9.21. The van der Waals surface area contributed by atoms with Crippen molar-refractivity contribution in [1.82, 2.24) is 0 Å². The van der Waals surface area contributed by atoms with E-state index in [9.17, 15) is 0 Å². The van der Waals surface area contributed by atoms with E-state index in [1.807, 2.05) is 0 Å². The zero-order chi connectivity index (χ0) is 16.7. The third-order valence-electron chi connectivity index (χ3n) is 7.77. The second kappa shape index (κ2) is 6.67. The number of hydrogen-bond acceptors (Lipinski definition) is 2. The van der Waals surface area contributed by atoms with Gasteiger partial charge >= 0.3 is 0 Å². The molecule has 1 heterocycles. The maximum absolute atomic E-state index is 6.53. The fraction of sp³-hybridized carbons (Fsp3) is 1.00. The topological polar surface area (TPSA) is 18.5 Å². The van der Waals surface area contributed by atoms with Crippen LogP contribution in [0, 0.1) is 22.7 Å². The zero-order valence-corrected chi connectivity index (χ0v) is 16.1. The Morgan fingerprint density at radius 3 is 2.30 bits per heavy atom. The van der Waals surface area contributed by atoms with Crippen molar-refractivity contribution in [2.24, 2.45) is 22.7 Å². The quantitative estimate of drug-likeness (QED) is 0.550. The predicted molar refractivity (Wildman–Crippen MR) is 95.3 cm³/mol. The van der Waals surface area contributed by atoms with Gasteiger partial charge in [-0.05, 0) is 48.3 Å². The summed E-state index contributed by atoms with van der Waals surface area (Å²) in [4.78, 5) is 0. The van der Waals surface area contributed by atoms with Crippen LogP contribution in [-0.4, -0.2) is 18.5 Å². The van der Waals surface area contributed by atoms with E-state index in [2.05, 4.69) is 34.6 Å². The Bertz CT molecular complexity index is 397. The van der Waals surface area contributed by atoms with Gasteiger partial charge in [0.2, 0.25) is 0 Å². The molecular weight excluding hydrogens is 284 g/mol. The first-order chi connectivity index (χ1) is 10.9. The molecule has 5 atom stereocenters. The van der Waals surface area contributed by atoms with Crippen LogP contribution in [0.1, 0.15) is 92.4 Å². The Balaban J connectivity index is 1.60. The first-order valence-electron chi connectivity index (χ1n) is 10.2. The standard InChI is InChI=1S/C21H38O2/c1-6-8-10-15(11-9-7-2)22-18-14-16-17-12-13-21(5,19(16)23-18)20(17,3)4/h15-19H,6-14H2,1-5H3/t16-,17+,18-,19-,21-/m0/s1. The molecule has 0 unspecified atom stereocenters. The fourth-order valence-electron chi connectivity index (χ4n) is 5.93. The first-order valence-corrected chi connectivity index (χ1v) is 10.2. The lowest BCUT2D eigenvalue weighted by Gasteiger charge is -2.39. The number of fused-ring (bicyclic) bond motifs is 5. The van der Waals surface area contributed by atoms with Crippen LogP contribution < -0.4 is 0 Å². The summed E-state index contributed by atoms with van der Waals surface area (Å²) in [7, 11) is 0. The van der Waals surface area contributed by atoms with Gasteiger partial charge in [-0.2, -0.15) is 0 Å². The maximum Gasteiger partial charge on any atom is 0.158 e. The third kappa shape index (κ3) is 2.88. The molecule has 2 saturated carbocycles. The molecule has 0 radical (unpaired) electrons. The molecule has 3 rings (SSSR count). The average molecular weight is 323 g/mol. The van der Waals surface area contributed by atoms with E-state index in [1.165, 1.54) is 51.4 Å². The van der Waals surface area contributed by atoms with Gasteiger partial charge in [-0.25, -0.2) is 0 Å². The number of rotatable bonds is 8. The Labute approximate surface area is 143 Å². The summed E-state index contributed by atoms with van der Waals surface area (Å²) in [5.41, 5.74) is 0.805. The lowest BCUT2D eigenvalue weighted by Crippen LogP contribution is -2.38. The van der Waals surface area contributed by atoms with Gasteiger partial charge in [0.15, 0.2) is 6.29 Å². The van der Waals surface area contributed by atoms with Crippen molar-refractivity contribution in [3.8, 4) is 0 Å². The monoisotopic (exact) mass is 322 g/mol. The zero-order valence-electron chi connectivity index (χ0n) is 16.1. The van der Waals surface area contributed by atoms with Crippen molar-refractivity contribution in [2.45, 2.75) is 111 Å². The third-order valence-corrected chi connectivity index (χ3v) is 7.77. The molecule has 2 heteroatoms. The molecule has 0 aromatic rings. The highest BCUT2D eigenvalue weighted by Crippen LogP contribution is 2.71. The minimum absolute atomic E-state index is 0.0692. The van der Waals surface area contributed by atoms with E-state index in [1.54, 1.807) is 0 Å². The minimum atomic E-state index is 0.0692. The molecule has 134 valence electrons. The fourth-order valence-corrected chi connectivity index (χ4v) is 5.93. The van der Waals surface area contributed by atoms with Gasteiger partial charge in [0.05, 0.1) is 12.2 Å². The molecule has 2 aliphatic carbocycles. The van der Waals surface area contributed by atoms with Crippen LogP contribution in [0.2, 0.25) is 0 Å². The van der Waals surface area contributed by atoms with Crippen LogP contribution >= 0.6 is 0 Å². The molecule has 1 saturated heterocycles. The van der Waals surface area contributed by atoms with E-state index in [0.29, 0.717) is 23.0 Å². The van der Waals surface area contributed by atoms with Crippen molar-refractivity contribution in [3.05, 3.63) is 0 Å². The second-order valence-electron chi connectivity index (χ2n) is 9.21. The van der Waals surface area contributed by atoms with Crippen LogP contribution in [0.15, 0.2) is 0 Å². The van der Waals surface area contributed by atoms with Crippen LogP contribution in [0.3, 0.4) is 0 Å². The predicted octanol–water partition coefficient (Wildman–Crippen LogP) is 5.94. The first kappa shape index (κ1) is 17.7. The van der Waals surface area contributed by atoms with Crippen molar-refractivity contribution in [3.63, 3.8) is 0 Å². The largest absolute Gasteiger partial charge is 0.349 e. The van der Waals surface area contributed by atoms with Gasteiger partial charge in [-0.3, -0.25) is 0 Å². The molecule has 2 nitrogen and oxygen atoms in total. The summed E-state index contributed by atoms with van der Waals surface area (Å²) in [6, 6.07) is 0. The van der Waals surface area contributed by atoms with Crippen LogP contribution in [-0.2, 0) is 9.47 Å². The molecule has 0 N–H and O–H groups in total. The molecule has 1 aliphatic heterocycles. The molecular formula is C21H38O2. The molecule has 0 amide bonds. The molecule has 2 bridgehead atoms. The Hall–Kier alpha value is -0.0800. The van der Waals surface area contributed by atoms with E-state index in [-0.39, 0.29) is 6.29 Å². The van der Waals surface area contributed by atoms with E-state index in [0.717, 1.165) is 18.3 Å². The normalized spacial score (nSPS) is 41.0. The number of unbranched alkanes of at least 4 members (excludes halogenated alkanes) is 2. The summed E-state index contributed by atoms with van der Waals surface area (Å²) >= 11 is 0. The highest BCUT2D eigenvalue weighted by Gasteiger charge is 2.69. The van der Waals surface area contributed by atoms with Crippen molar-refractivity contribution < 1.29 is 9.47 Å². The van der Waals surface area contributed by atoms with Crippen LogP contribution in [0.4, 0.5) is 0 Å². The molecule has 0 aromatic heterocycles.